The van der Waals surface area contributed by atoms with E-state index in [1.165, 1.54) is 0 Å². The largest absolute Gasteiger partial charge is 0.324 e. The Morgan fingerprint density at radius 3 is 2.53 bits per heavy atom. The number of nitrogens with one attached hydrogen (secondary N) is 1. The Morgan fingerprint density at radius 2 is 2.05 bits per heavy atom. The standard InChI is InChI=1S/C12H17ClN2O2S.ClH/c1-12(2,14)11(16)15-9-4-5-10(13)8(6-9)7-18(3)17;/h4-6H,7,14H2,1-3H3,(H,15,16);1H. The van der Waals surface area contributed by atoms with Crippen LogP contribution in [-0.2, 0) is 21.3 Å². The van der Waals surface area contributed by atoms with Gasteiger partial charge in [-0.25, -0.2) is 0 Å². The first-order valence-corrected chi connectivity index (χ1v) is 7.49. The molecule has 0 aromatic heterocycles. The van der Waals surface area contributed by atoms with E-state index in [0.29, 0.717) is 16.5 Å². The summed E-state index contributed by atoms with van der Waals surface area (Å²) in [5.41, 5.74) is 6.08. The minimum atomic E-state index is -0.987. The topological polar surface area (TPSA) is 72.2 Å². The molecule has 19 heavy (non-hydrogen) atoms. The Bertz CT molecular complexity index is 487. The molecule has 1 rings (SSSR count). The van der Waals surface area contributed by atoms with Crippen molar-refractivity contribution in [2.75, 3.05) is 11.6 Å². The quantitative estimate of drug-likeness (QED) is 0.892. The number of hydrogen-bond donors (Lipinski definition) is 2. The molecule has 0 radical (unpaired) electrons. The number of carbonyl (C=O) groups excluding carboxylic acids is 1. The minimum absolute atomic E-state index is 0. The van der Waals surface area contributed by atoms with Crippen molar-refractivity contribution in [2.45, 2.75) is 25.1 Å². The highest BCUT2D eigenvalue weighted by atomic mass is 35.5. The van der Waals surface area contributed by atoms with E-state index in [4.69, 9.17) is 17.3 Å². The number of benzene rings is 1. The van der Waals surface area contributed by atoms with Crippen LogP contribution in [0.5, 0.6) is 0 Å². The van der Waals surface area contributed by atoms with Crippen molar-refractivity contribution in [2.24, 2.45) is 5.73 Å². The van der Waals surface area contributed by atoms with Gasteiger partial charge in [-0.2, -0.15) is 0 Å². The molecule has 0 saturated carbocycles. The van der Waals surface area contributed by atoms with Gasteiger partial charge in [-0.3, -0.25) is 9.00 Å². The molecule has 0 aliphatic rings. The second-order valence-corrected chi connectivity index (χ2v) is 6.54. The van der Waals surface area contributed by atoms with E-state index in [9.17, 15) is 9.00 Å². The summed E-state index contributed by atoms with van der Waals surface area (Å²) in [6, 6.07) is 5.07. The van der Waals surface area contributed by atoms with Crippen LogP contribution in [-0.4, -0.2) is 21.9 Å². The summed E-state index contributed by atoms with van der Waals surface area (Å²) in [6.07, 6.45) is 1.60. The van der Waals surface area contributed by atoms with Gasteiger partial charge in [0.05, 0.1) is 5.54 Å². The summed E-state index contributed by atoms with van der Waals surface area (Å²) in [4.78, 5) is 11.7. The van der Waals surface area contributed by atoms with E-state index >= 15 is 0 Å². The first-order valence-electron chi connectivity index (χ1n) is 5.39. The summed E-state index contributed by atoms with van der Waals surface area (Å²) in [5.74, 6) is 0.0718. The summed E-state index contributed by atoms with van der Waals surface area (Å²) >= 11 is 5.99. The number of halogens is 2. The van der Waals surface area contributed by atoms with Gasteiger partial charge in [-0.05, 0) is 37.6 Å². The van der Waals surface area contributed by atoms with Crippen molar-refractivity contribution in [3.05, 3.63) is 28.8 Å². The van der Waals surface area contributed by atoms with Crippen LogP contribution in [0.1, 0.15) is 19.4 Å². The third-order valence-corrected chi connectivity index (χ3v) is 3.33. The Balaban J connectivity index is 0.00000324. The summed E-state index contributed by atoms with van der Waals surface area (Å²) in [7, 11) is -0.987. The molecule has 0 bridgehead atoms. The number of nitrogens with two attached hydrogens (primary N) is 1. The highest BCUT2D eigenvalue weighted by Crippen LogP contribution is 2.22. The summed E-state index contributed by atoms with van der Waals surface area (Å²) in [5, 5.41) is 3.24. The fraction of sp³-hybridized carbons (Fsp3) is 0.417. The molecule has 0 aliphatic carbocycles. The van der Waals surface area contributed by atoms with Crippen LogP contribution < -0.4 is 11.1 Å². The Kier molecular flexibility index (Phi) is 7.00. The van der Waals surface area contributed by atoms with E-state index in [1.807, 2.05) is 0 Å². The van der Waals surface area contributed by atoms with Crippen molar-refractivity contribution in [1.82, 2.24) is 0 Å². The maximum Gasteiger partial charge on any atom is 0.243 e. The molecule has 1 atom stereocenters. The average Bonchev–Trinajstić information content (AvgIpc) is 2.20. The lowest BCUT2D eigenvalue weighted by Gasteiger charge is -2.18. The number of amides is 1. The molecule has 4 nitrogen and oxygen atoms in total. The van der Waals surface area contributed by atoms with Crippen molar-refractivity contribution >= 4 is 46.4 Å². The fourth-order valence-electron chi connectivity index (χ4n) is 1.27. The van der Waals surface area contributed by atoms with Gasteiger partial charge < -0.3 is 11.1 Å². The summed E-state index contributed by atoms with van der Waals surface area (Å²) in [6.45, 7) is 3.25. The minimum Gasteiger partial charge on any atom is -0.324 e. The Morgan fingerprint density at radius 1 is 1.47 bits per heavy atom. The molecule has 1 unspecified atom stereocenters. The third-order valence-electron chi connectivity index (χ3n) is 2.25. The van der Waals surface area contributed by atoms with Crippen LogP contribution in [0, 0.1) is 0 Å². The average molecular weight is 325 g/mol. The van der Waals surface area contributed by atoms with E-state index in [2.05, 4.69) is 5.32 Å². The van der Waals surface area contributed by atoms with Crippen molar-refractivity contribution in [3.63, 3.8) is 0 Å². The zero-order chi connectivity index (χ0) is 13.9. The maximum atomic E-state index is 11.7. The Hall–Kier alpha value is -0.620. The molecule has 1 aromatic rings. The highest BCUT2D eigenvalue weighted by molar-refractivity contribution is 7.83. The smallest absolute Gasteiger partial charge is 0.243 e. The van der Waals surface area contributed by atoms with Gasteiger partial charge in [0.25, 0.3) is 0 Å². The second kappa shape index (κ2) is 7.24. The fourth-order valence-corrected chi connectivity index (χ4v) is 2.21. The second-order valence-electron chi connectivity index (χ2n) is 4.70. The zero-order valence-corrected chi connectivity index (χ0v) is 13.4. The molecule has 108 valence electrons. The molecule has 0 fully saturated rings. The molecule has 0 heterocycles. The lowest BCUT2D eigenvalue weighted by molar-refractivity contribution is -0.120. The van der Waals surface area contributed by atoms with E-state index in [0.717, 1.165) is 5.56 Å². The Labute approximate surface area is 127 Å². The van der Waals surface area contributed by atoms with Crippen LogP contribution in [0.3, 0.4) is 0 Å². The number of carbonyl (C=O) groups is 1. The van der Waals surface area contributed by atoms with Crippen molar-refractivity contribution in [3.8, 4) is 0 Å². The molecule has 0 aliphatic heterocycles. The van der Waals surface area contributed by atoms with Crippen molar-refractivity contribution < 1.29 is 9.00 Å². The molecule has 7 heteroatoms. The highest BCUT2D eigenvalue weighted by Gasteiger charge is 2.21. The van der Waals surface area contributed by atoms with Gasteiger partial charge >= 0.3 is 0 Å². The summed E-state index contributed by atoms with van der Waals surface area (Å²) < 4.78 is 11.2. The van der Waals surface area contributed by atoms with Crippen LogP contribution in [0.2, 0.25) is 5.02 Å². The lowest BCUT2D eigenvalue weighted by Crippen LogP contribution is -2.45. The molecule has 1 amide bonds. The van der Waals surface area contributed by atoms with E-state index in [-0.39, 0.29) is 18.3 Å². The monoisotopic (exact) mass is 324 g/mol. The maximum absolute atomic E-state index is 11.7. The number of rotatable bonds is 4. The SMILES string of the molecule is CS(=O)Cc1cc(NC(=O)C(C)(C)N)ccc1Cl.Cl. The van der Waals surface area contributed by atoms with Gasteiger partial charge in [0.2, 0.25) is 5.91 Å². The van der Waals surface area contributed by atoms with E-state index in [1.54, 1.807) is 38.3 Å². The lowest BCUT2D eigenvalue weighted by atomic mass is 10.1. The molecule has 0 spiro atoms. The van der Waals surface area contributed by atoms with Gasteiger partial charge in [0, 0.05) is 33.5 Å². The molecular weight excluding hydrogens is 307 g/mol. The van der Waals surface area contributed by atoms with Crippen LogP contribution in [0.25, 0.3) is 0 Å². The normalized spacial score (nSPS) is 12.5. The van der Waals surface area contributed by atoms with Crippen LogP contribution >= 0.6 is 24.0 Å². The van der Waals surface area contributed by atoms with Gasteiger partial charge in [-0.1, -0.05) is 11.6 Å². The first kappa shape index (κ1) is 18.4. The molecule has 0 saturated heterocycles. The number of hydrogen-bond acceptors (Lipinski definition) is 3. The van der Waals surface area contributed by atoms with Gasteiger partial charge in [-0.15, -0.1) is 12.4 Å². The van der Waals surface area contributed by atoms with Crippen molar-refractivity contribution in [1.29, 1.82) is 0 Å². The number of anilines is 1. The van der Waals surface area contributed by atoms with Crippen LogP contribution in [0.15, 0.2) is 18.2 Å². The molecule has 3 N–H and O–H groups in total. The van der Waals surface area contributed by atoms with Crippen LogP contribution in [0.4, 0.5) is 5.69 Å². The van der Waals surface area contributed by atoms with E-state index < -0.39 is 16.3 Å². The predicted molar refractivity (Wildman–Crippen MR) is 83.4 cm³/mol. The zero-order valence-electron chi connectivity index (χ0n) is 11.0. The first-order chi connectivity index (χ1) is 8.20. The molecule has 1 aromatic carbocycles. The third kappa shape index (κ3) is 5.91. The molecular formula is C12H18Cl2N2O2S. The predicted octanol–water partition coefficient (Wildman–Crippen LogP) is 2.32. The van der Waals surface area contributed by atoms with Gasteiger partial charge in [0.15, 0.2) is 0 Å². The van der Waals surface area contributed by atoms with Gasteiger partial charge in [0.1, 0.15) is 0 Å².